The average molecular weight is 485 g/mol. The molecule has 1 heterocycles. The van der Waals surface area contributed by atoms with Crippen LogP contribution in [0.4, 0.5) is 4.79 Å². The van der Waals surface area contributed by atoms with Crippen LogP contribution < -0.4 is 0 Å². The van der Waals surface area contributed by atoms with E-state index in [0.717, 1.165) is 32.1 Å². The molecule has 0 aromatic rings. The molecule has 0 unspecified atom stereocenters. The van der Waals surface area contributed by atoms with Gasteiger partial charge in [-0.2, -0.15) is 0 Å². The van der Waals surface area contributed by atoms with Crippen LogP contribution in [-0.2, 0) is 9.47 Å². The van der Waals surface area contributed by atoms with E-state index < -0.39 is 6.16 Å². The maximum Gasteiger partial charge on any atom is 0.508 e. The Hall–Kier alpha value is -1.03. The summed E-state index contributed by atoms with van der Waals surface area (Å²) in [4.78, 5) is 11.9. The van der Waals surface area contributed by atoms with Crippen molar-refractivity contribution in [2.45, 2.75) is 118 Å². The van der Waals surface area contributed by atoms with Crippen LogP contribution in [0.3, 0.4) is 0 Å². The third-order valence-corrected chi connectivity index (χ3v) is 13.6. The van der Waals surface area contributed by atoms with Crippen LogP contribution in [0.2, 0.25) is 0 Å². The minimum atomic E-state index is -0.475. The number of hydrogen-bond acceptors (Lipinski definition) is 4. The first-order chi connectivity index (χ1) is 16.2. The molecule has 4 saturated carbocycles. The first-order valence-electron chi connectivity index (χ1n) is 14.4. The third-order valence-electron chi connectivity index (χ3n) is 13.6. The molecular weight excluding hydrogens is 436 g/mol. The van der Waals surface area contributed by atoms with Gasteiger partial charge in [0.15, 0.2) is 0 Å². The standard InChI is InChI=1S/C31H48O4/c1-26(2)16-20-19-8-9-22-28(4)12-11-24-29(5,18-34-25(33)35-24)21(28)10-13-31(22,7)30(19,6)15-14-27(20,3)23(32)17-26/h8,20-24,32H,9-18H2,1-7H3/t20-,21+,22+,23+,24-,27+,28-,29+,30+,31+/m0/s1. The fourth-order valence-corrected chi connectivity index (χ4v) is 11.2. The van der Waals surface area contributed by atoms with Gasteiger partial charge >= 0.3 is 6.16 Å². The van der Waals surface area contributed by atoms with Gasteiger partial charge in [0.05, 0.1) is 6.10 Å². The van der Waals surface area contributed by atoms with Gasteiger partial charge in [-0.25, -0.2) is 4.79 Å². The van der Waals surface area contributed by atoms with Gasteiger partial charge in [-0.3, -0.25) is 0 Å². The summed E-state index contributed by atoms with van der Waals surface area (Å²) in [5.41, 5.74) is 2.47. The minimum Gasteiger partial charge on any atom is -0.434 e. The van der Waals surface area contributed by atoms with Gasteiger partial charge in [0.1, 0.15) is 12.7 Å². The van der Waals surface area contributed by atoms with Crippen molar-refractivity contribution < 1.29 is 19.4 Å². The van der Waals surface area contributed by atoms with Gasteiger partial charge in [-0.05, 0) is 97.2 Å². The lowest BCUT2D eigenvalue weighted by molar-refractivity contribution is -0.236. The Morgan fingerprint density at radius 3 is 2.34 bits per heavy atom. The molecule has 1 aliphatic heterocycles. The maximum atomic E-state index is 11.9. The second-order valence-electron chi connectivity index (χ2n) is 15.6. The van der Waals surface area contributed by atoms with Crippen molar-refractivity contribution in [1.82, 2.24) is 0 Å². The van der Waals surface area contributed by atoms with Crippen molar-refractivity contribution in [2.75, 3.05) is 6.61 Å². The minimum absolute atomic E-state index is 0.00203. The molecule has 5 aliphatic carbocycles. The molecule has 0 aromatic heterocycles. The Labute approximate surface area is 212 Å². The summed E-state index contributed by atoms with van der Waals surface area (Å²) in [6.45, 7) is 17.7. The Balaban J connectivity index is 1.40. The number of carbonyl (C=O) groups excluding carboxylic acids is 1. The van der Waals surface area contributed by atoms with Gasteiger partial charge in [0.25, 0.3) is 0 Å². The Morgan fingerprint density at radius 2 is 1.60 bits per heavy atom. The number of aliphatic hydroxyl groups excluding tert-OH is 1. The van der Waals surface area contributed by atoms with Crippen molar-refractivity contribution >= 4 is 6.16 Å². The molecule has 5 fully saturated rings. The van der Waals surface area contributed by atoms with E-state index >= 15 is 0 Å². The highest BCUT2D eigenvalue weighted by Crippen LogP contribution is 2.76. The highest BCUT2D eigenvalue weighted by atomic mass is 16.7. The van der Waals surface area contributed by atoms with Gasteiger partial charge < -0.3 is 14.6 Å². The molecule has 0 radical (unpaired) electrons. The molecule has 0 spiro atoms. The molecule has 1 saturated heterocycles. The van der Waals surface area contributed by atoms with Gasteiger partial charge in [0.2, 0.25) is 0 Å². The normalized spacial score (nSPS) is 56.6. The summed E-state index contributed by atoms with van der Waals surface area (Å²) in [6.07, 6.45) is 12.1. The zero-order valence-corrected chi connectivity index (χ0v) is 23.2. The van der Waals surface area contributed by atoms with Crippen LogP contribution in [0.1, 0.15) is 106 Å². The molecule has 35 heavy (non-hydrogen) atoms. The molecule has 4 nitrogen and oxygen atoms in total. The predicted octanol–water partition coefficient (Wildman–Crippen LogP) is 7.29. The molecule has 196 valence electrons. The fourth-order valence-electron chi connectivity index (χ4n) is 11.2. The topological polar surface area (TPSA) is 55.8 Å². The lowest BCUT2D eigenvalue weighted by Gasteiger charge is -2.72. The number of carbonyl (C=O) groups is 1. The zero-order chi connectivity index (χ0) is 25.2. The monoisotopic (exact) mass is 484 g/mol. The third kappa shape index (κ3) is 2.93. The van der Waals surface area contributed by atoms with E-state index in [1.165, 1.54) is 25.7 Å². The quantitative estimate of drug-likeness (QED) is 0.290. The van der Waals surface area contributed by atoms with Crippen molar-refractivity contribution in [3.63, 3.8) is 0 Å². The van der Waals surface area contributed by atoms with E-state index in [4.69, 9.17) is 9.47 Å². The summed E-state index contributed by atoms with van der Waals surface area (Å²) in [7, 11) is 0. The Bertz CT molecular complexity index is 969. The number of hydrogen-bond donors (Lipinski definition) is 1. The Kier molecular flexibility index (Phi) is 4.92. The molecule has 0 amide bonds. The number of fused-ring (bicyclic) bond motifs is 9. The van der Waals surface area contributed by atoms with E-state index in [1.54, 1.807) is 5.57 Å². The zero-order valence-electron chi connectivity index (χ0n) is 23.2. The number of aliphatic hydroxyl groups is 1. The largest absolute Gasteiger partial charge is 0.508 e. The second kappa shape index (κ2) is 7.08. The predicted molar refractivity (Wildman–Crippen MR) is 137 cm³/mol. The van der Waals surface area contributed by atoms with E-state index in [-0.39, 0.29) is 44.7 Å². The molecular formula is C31H48O4. The number of cyclic esters (lactones) is 1. The maximum absolute atomic E-state index is 11.9. The first-order valence-corrected chi connectivity index (χ1v) is 14.4. The second-order valence-corrected chi connectivity index (χ2v) is 15.6. The molecule has 10 atom stereocenters. The summed E-state index contributed by atoms with van der Waals surface area (Å²) in [5, 5.41) is 11.3. The molecule has 4 heteroatoms. The molecule has 0 aromatic carbocycles. The van der Waals surface area contributed by atoms with Crippen molar-refractivity contribution in [3.8, 4) is 0 Å². The Morgan fingerprint density at radius 1 is 0.857 bits per heavy atom. The van der Waals surface area contributed by atoms with Crippen LogP contribution in [0.15, 0.2) is 11.6 Å². The van der Waals surface area contributed by atoms with Crippen molar-refractivity contribution in [3.05, 3.63) is 11.6 Å². The van der Waals surface area contributed by atoms with Crippen LogP contribution in [-0.4, -0.2) is 30.1 Å². The number of rotatable bonds is 0. The summed E-state index contributed by atoms with van der Waals surface area (Å²) < 4.78 is 11.3. The van der Waals surface area contributed by atoms with Gasteiger partial charge in [-0.15, -0.1) is 0 Å². The van der Waals surface area contributed by atoms with Crippen molar-refractivity contribution in [2.24, 2.45) is 50.2 Å². The highest BCUT2D eigenvalue weighted by Gasteiger charge is 2.70. The van der Waals surface area contributed by atoms with Gasteiger partial charge in [0, 0.05) is 10.8 Å². The lowest BCUT2D eigenvalue weighted by atomic mass is 9.33. The van der Waals surface area contributed by atoms with E-state index in [2.05, 4.69) is 54.5 Å². The molecule has 1 N–H and O–H groups in total. The summed E-state index contributed by atoms with van der Waals surface area (Å²) in [6, 6.07) is 0. The van der Waals surface area contributed by atoms with E-state index in [0.29, 0.717) is 24.4 Å². The van der Waals surface area contributed by atoms with E-state index in [1.807, 2.05) is 0 Å². The SMILES string of the molecule is CC1(C)C[C@@H](O)[C@]2(C)CC[C@]3(C)C(=CC[C@@H]4[C@@]5(C)CC[C@@H]6OC(=O)OC[C@]6(C)[C@@H]5CC[C@]43C)[C@@H]2C1. The molecule has 6 rings (SSSR count). The van der Waals surface area contributed by atoms with E-state index in [9.17, 15) is 9.90 Å². The molecule has 0 bridgehead atoms. The fraction of sp³-hybridized carbons (Fsp3) is 0.903. The lowest BCUT2D eigenvalue weighted by Crippen LogP contribution is -2.67. The number of allylic oxidation sites excluding steroid dienone is 2. The first kappa shape index (κ1) is 24.3. The van der Waals surface area contributed by atoms with Crippen LogP contribution in [0.5, 0.6) is 0 Å². The van der Waals surface area contributed by atoms with Crippen LogP contribution in [0.25, 0.3) is 0 Å². The number of ether oxygens (including phenoxy) is 2. The average Bonchev–Trinajstić information content (AvgIpc) is 2.76. The van der Waals surface area contributed by atoms with Gasteiger partial charge in [-0.1, -0.05) is 60.1 Å². The highest BCUT2D eigenvalue weighted by molar-refractivity contribution is 5.61. The smallest absolute Gasteiger partial charge is 0.434 e. The van der Waals surface area contributed by atoms with Crippen LogP contribution in [0, 0.1) is 50.2 Å². The summed E-state index contributed by atoms with van der Waals surface area (Å²) in [5.74, 6) is 1.63. The summed E-state index contributed by atoms with van der Waals surface area (Å²) >= 11 is 0. The van der Waals surface area contributed by atoms with Crippen molar-refractivity contribution in [1.29, 1.82) is 0 Å². The molecule has 6 aliphatic rings. The van der Waals surface area contributed by atoms with Crippen LogP contribution >= 0.6 is 0 Å².